The Kier molecular flexibility index (Phi) is 3.52. The van der Waals surface area contributed by atoms with Crippen molar-refractivity contribution in [2.75, 3.05) is 13.1 Å². The number of aromatic nitrogens is 2. The standard InChI is InChI=1S/C21H19N3O2/c25-21(23-11-4-1-5-12-23)16-13-22-24-18(16)8-6-9-19(24)17-14-26-20-10-3-2-7-15(17)20/h2-3,6-10,13-14H,1,4-5,11-12H2. The lowest BCUT2D eigenvalue weighted by atomic mass is 10.1. The van der Waals surface area contributed by atoms with Crippen LogP contribution in [0.2, 0.25) is 0 Å². The molecule has 5 heteroatoms. The number of para-hydroxylation sites is 1. The van der Waals surface area contributed by atoms with Crippen LogP contribution < -0.4 is 0 Å². The fraction of sp³-hybridized carbons (Fsp3) is 0.238. The number of amides is 1. The SMILES string of the molecule is O=C(c1cnn2c(-c3coc4ccccc34)cccc12)N1CCCCC1. The van der Waals surface area contributed by atoms with Crippen LogP contribution in [0.15, 0.2) is 59.3 Å². The van der Waals surface area contributed by atoms with Crippen molar-refractivity contribution in [2.24, 2.45) is 0 Å². The van der Waals surface area contributed by atoms with E-state index in [2.05, 4.69) is 5.10 Å². The molecular weight excluding hydrogens is 326 g/mol. The molecule has 0 bridgehead atoms. The van der Waals surface area contributed by atoms with Gasteiger partial charge in [-0.3, -0.25) is 4.79 Å². The lowest BCUT2D eigenvalue weighted by molar-refractivity contribution is 0.0726. The molecule has 26 heavy (non-hydrogen) atoms. The topological polar surface area (TPSA) is 50.8 Å². The minimum absolute atomic E-state index is 0.0777. The van der Waals surface area contributed by atoms with Gasteiger partial charge in [-0.1, -0.05) is 24.3 Å². The van der Waals surface area contributed by atoms with Gasteiger partial charge in [0.1, 0.15) is 11.8 Å². The summed E-state index contributed by atoms with van der Waals surface area (Å²) in [7, 11) is 0. The molecular formula is C21H19N3O2. The molecule has 0 atom stereocenters. The second kappa shape index (κ2) is 6.02. The summed E-state index contributed by atoms with van der Waals surface area (Å²) < 4.78 is 7.53. The van der Waals surface area contributed by atoms with Gasteiger partial charge in [-0.2, -0.15) is 5.10 Å². The first kappa shape index (κ1) is 15.2. The second-order valence-corrected chi connectivity index (χ2v) is 6.76. The Bertz CT molecular complexity index is 1100. The fourth-order valence-electron chi connectivity index (χ4n) is 3.82. The molecule has 1 aliphatic rings. The number of hydrogen-bond donors (Lipinski definition) is 0. The molecule has 1 aliphatic heterocycles. The van der Waals surface area contributed by atoms with E-state index in [1.54, 1.807) is 12.5 Å². The van der Waals surface area contributed by atoms with Crippen molar-refractivity contribution in [3.63, 3.8) is 0 Å². The van der Waals surface area contributed by atoms with Crippen LogP contribution in [0.25, 0.3) is 27.7 Å². The Morgan fingerprint density at radius 3 is 2.73 bits per heavy atom. The van der Waals surface area contributed by atoms with Crippen LogP contribution >= 0.6 is 0 Å². The molecule has 4 heterocycles. The predicted octanol–water partition coefficient (Wildman–Crippen LogP) is 4.37. The molecule has 5 nitrogen and oxygen atoms in total. The maximum absolute atomic E-state index is 12.9. The van der Waals surface area contributed by atoms with Crippen molar-refractivity contribution in [3.8, 4) is 11.3 Å². The molecule has 0 saturated carbocycles. The molecule has 4 aromatic rings. The Hall–Kier alpha value is -3.08. The maximum atomic E-state index is 12.9. The lowest BCUT2D eigenvalue weighted by Crippen LogP contribution is -2.35. The van der Waals surface area contributed by atoms with E-state index >= 15 is 0 Å². The van der Waals surface area contributed by atoms with E-state index in [-0.39, 0.29) is 5.91 Å². The van der Waals surface area contributed by atoms with Gasteiger partial charge < -0.3 is 9.32 Å². The minimum atomic E-state index is 0.0777. The summed E-state index contributed by atoms with van der Waals surface area (Å²) in [5.74, 6) is 0.0777. The summed E-state index contributed by atoms with van der Waals surface area (Å²) >= 11 is 0. The predicted molar refractivity (Wildman–Crippen MR) is 100 cm³/mol. The maximum Gasteiger partial charge on any atom is 0.257 e. The zero-order valence-electron chi connectivity index (χ0n) is 14.4. The zero-order chi connectivity index (χ0) is 17.5. The van der Waals surface area contributed by atoms with Gasteiger partial charge in [-0.25, -0.2) is 4.52 Å². The molecule has 1 aromatic carbocycles. The first-order valence-electron chi connectivity index (χ1n) is 9.05. The van der Waals surface area contributed by atoms with Gasteiger partial charge in [0.05, 0.1) is 23.0 Å². The van der Waals surface area contributed by atoms with Crippen LogP contribution in [-0.4, -0.2) is 33.5 Å². The van der Waals surface area contributed by atoms with E-state index in [0.717, 1.165) is 53.7 Å². The van der Waals surface area contributed by atoms with Crippen LogP contribution in [0.4, 0.5) is 0 Å². The van der Waals surface area contributed by atoms with Crippen LogP contribution in [0, 0.1) is 0 Å². The van der Waals surface area contributed by atoms with E-state index in [0.29, 0.717) is 5.56 Å². The highest BCUT2D eigenvalue weighted by molar-refractivity contribution is 6.01. The van der Waals surface area contributed by atoms with Gasteiger partial charge >= 0.3 is 0 Å². The average Bonchev–Trinajstić information content (AvgIpc) is 3.32. The van der Waals surface area contributed by atoms with Gasteiger partial charge in [0.2, 0.25) is 0 Å². The third kappa shape index (κ3) is 2.31. The molecule has 1 amide bonds. The monoisotopic (exact) mass is 345 g/mol. The first-order chi connectivity index (χ1) is 12.8. The Balaban J connectivity index is 1.63. The van der Waals surface area contributed by atoms with Crippen molar-refractivity contribution in [2.45, 2.75) is 19.3 Å². The van der Waals surface area contributed by atoms with Crippen molar-refractivity contribution in [1.29, 1.82) is 0 Å². The molecule has 0 spiro atoms. The molecule has 130 valence electrons. The Labute approximate surface area is 150 Å². The number of carbonyl (C=O) groups is 1. The van der Waals surface area contributed by atoms with Crippen LogP contribution in [0.3, 0.4) is 0 Å². The number of benzene rings is 1. The van der Waals surface area contributed by atoms with Gasteiger partial charge in [-0.05, 0) is 37.5 Å². The van der Waals surface area contributed by atoms with Crippen molar-refractivity contribution < 1.29 is 9.21 Å². The van der Waals surface area contributed by atoms with E-state index in [9.17, 15) is 4.79 Å². The van der Waals surface area contributed by atoms with E-state index < -0.39 is 0 Å². The highest BCUT2D eigenvalue weighted by atomic mass is 16.3. The number of furan rings is 1. The third-order valence-corrected chi connectivity index (χ3v) is 5.17. The molecule has 1 saturated heterocycles. The van der Waals surface area contributed by atoms with Crippen LogP contribution in [0.1, 0.15) is 29.6 Å². The minimum Gasteiger partial charge on any atom is -0.464 e. The summed E-state index contributed by atoms with van der Waals surface area (Å²) in [4.78, 5) is 14.9. The number of rotatable bonds is 2. The number of carbonyl (C=O) groups excluding carboxylic acids is 1. The van der Waals surface area contributed by atoms with E-state index in [1.165, 1.54) is 6.42 Å². The zero-order valence-corrected chi connectivity index (χ0v) is 14.4. The summed E-state index contributed by atoms with van der Waals surface area (Å²) in [6.45, 7) is 1.67. The molecule has 3 aromatic heterocycles. The Morgan fingerprint density at radius 1 is 1.00 bits per heavy atom. The highest BCUT2D eigenvalue weighted by Crippen LogP contribution is 2.31. The molecule has 0 unspecified atom stereocenters. The molecule has 5 rings (SSSR count). The van der Waals surface area contributed by atoms with Crippen LogP contribution in [0.5, 0.6) is 0 Å². The molecule has 0 radical (unpaired) electrons. The summed E-state index contributed by atoms with van der Waals surface area (Å²) in [6, 6.07) is 13.9. The number of fused-ring (bicyclic) bond motifs is 2. The van der Waals surface area contributed by atoms with Crippen molar-refractivity contribution in [3.05, 3.63) is 60.5 Å². The van der Waals surface area contributed by atoms with Crippen molar-refractivity contribution in [1.82, 2.24) is 14.5 Å². The van der Waals surface area contributed by atoms with Gasteiger partial charge in [0.25, 0.3) is 5.91 Å². The van der Waals surface area contributed by atoms with E-state index in [4.69, 9.17) is 4.42 Å². The van der Waals surface area contributed by atoms with E-state index in [1.807, 2.05) is 51.9 Å². The number of piperidine rings is 1. The van der Waals surface area contributed by atoms with Gasteiger partial charge in [0, 0.05) is 24.0 Å². The normalized spacial score (nSPS) is 15.0. The van der Waals surface area contributed by atoms with Gasteiger partial charge in [-0.15, -0.1) is 0 Å². The Morgan fingerprint density at radius 2 is 1.85 bits per heavy atom. The molecule has 0 N–H and O–H groups in total. The van der Waals surface area contributed by atoms with Crippen LogP contribution in [-0.2, 0) is 0 Å². The quantitative estimate of drug-likeness (QED) is 0.542. The summed E-state index contributed by atoms with van der Waals surface area (Å²) in [6.07, 6.45) is 6.82. The number of nitrogens with zero attached hydrogens (tertiary/aromatic N) is 3. The second-order valence-electron chi connectivity index (χ2n) is 6.76. The lowest BCUT2D eigenvalue weighted by Gasteiger charge is -2.26. The number of hydrogen-bond acceptors (Lipinski definition) is 3. The van der Waals surface area contributed by atoms with Gasteiger partial charge in [0.15, 0.2) is 0 Å². The molecule has 1 fully saturated rings. The fourth-order valence-corrected chi connectivity index (χ4v) is 3.82. The number of likely N-dealkylation sites (tertiary alicyclic amines) is 1. The third-order valence-electron chi connectivity index (χ3n) is 5.17. The summed E-state index contributed by atoms with van der Waals surface area (Å²) in [5.41, 5.74) is 4.25. The molecule has 0 aliphatic carbocycles. The number of pyridine rings is 1. The largest absolute Gasteiger partial charge is 0.464 e. The smallest absolute Gasteiger partial charge is 0.257 e. The first-order valence-corrected chi connectivity index (χ1v) is 9.05. The highest BCUT2D eigenvalue weighted by Gasteiger charge is 2.22. The average molecular weight is 345 g/mol. The van der Waals surface area contributed by atoms with Crippen molar-refractivity contribution >= 4 is 22.4 Å². The summed E-state index contributed by atoms with van der Waals surface area (Å²) in [5, 5.41) is 5.57.